The molecule has 0 aliphatic heterocycles. The van der Waals surface area contributed by atoms with Crippen LogP contribution in [-0.4, -0.2) is 20.9 Å². The number of nitrogens with zero attached hydrogens (tertiary/aromatic N) is 3. The van der Waals surface area contributed by atoms with Crippen molar-refractivity contribution in [1.29, 1.82) is 0 Å². The third-order valence-corrected chi connectivity index (χ3v) is 6.05. The van der Waals surface area contributed by atoms with Crippen LogP contribution in [0.2, 0.25) is 0 Å². The van der Waals surface area contributed by atoms with E-state index in [4.69, 9.17) is 4.42 Å². The molecule has 0 aliphatic carbocycles. The second-order valence-corrected chi connectivity index (χ2v) is 8.53. The van der Waals surface area contributed by atoms with Gasteiger partial charge in [0.25, 0.3) is 0 Å². The van der Waals surface area contributed by atoms with Crippen LogP contribution >= 0.6 is 0 Å². The second-order valence-electron chi connectivity index (χ2n) is 8.53. The number of hydrogen-bond donors (Lipinski definition) is 1. The number of anilines is 1. The van der Waals surface area contributed by atoms with Crippen LogP contribution in [0.1, 0.15) is 11.3 Å². The van der Waals surface area contributed by atoms with Crippen molar-refractivity contribution in [2.45, 2.75) is 6.92 Å². The summed E-state index contributed by atoms with van der Waals surface area (Å²) in [4.78, 5) is 14.3. The molecule has 6 aromatic rings. The number of nitrogens with one attached hydrogen (secondary N) is 1. The molecule has 0 spiro atoms. The largest absolute Gasteiger partial charge is 0.457 e. The molecule has 4 aromatic carbocycles. The van der Waals surface area contributed by atoms with Gasteiger partial charge in [0.1, 0.15) is 22.6 Å². The number of benzene rings is 4. The van der Waals surface area contributed by atoms with Crippen LogP contribution in [-0.2, 0) is 4.79 Å². The first-order valence-electron chi connectivity index (χ1n) is 11.6. The predicted molar refractivity (Wildman–Crippen MR) is 143 cm³/mol. The van der Waals surface area contributed by atoms with Crippen LogP contribution < -0.4 is 5.32 Å². The number of aromatic nitrogens is 3. The maximum absolute atomic E-state index is 12.6. The van der Waals surface area contributed by atoms with E-state index in [9.17, 15) is 4.79 Å². The molecule has 0 atom stereocenters. The number of fused-ring (bicyclic) bond motifs is 2. The van der Waals surface area contributed by atoms with E-state index < -0.39 is 0 Å². The quantitative estimate of drug-likeness (QED) is 0.281. The number of furan rings is 1. The van der Waals surface area contributed by atoms with E-state index in [-0.39, 0.29) is 5.91 Å². The minimum Gasteiger partial charge on any atom is -0.457 e. The van der Waals surface area contributed by atoms with E-state index in [1.807, 2.05) is 85.8 Å². The Kier molecular flexibility index (Phi) is 5.39. The lowest BCUT2D eigenvalue weighted by Gasteiger charge is -2.05. The fourth-order valence-corrected chi connectivity index (χ4v) is 4.23. The average Bonchev–Trinajstić information content (AvgIpc) is 3.55. The Morgan fingerprint density at radius 3 is 2.47 bits per heavy atom. The van der Waals surface area contributed by atoms with Crippen molar-refractivity contribution in [3.05, 3.63) is 114 Å². The van der Waals surface area contributed by atoms with Gasteiger partial charge in [-0.3, -0.25) is 4.79 Å². The summed E-state index contributed by atoms with van der Waals surface area (Å²) in [6, 6.07) is 31.6. The van der Waals surface area contributed by atoms with Crippen molar-refractivity contribution >= 4 is 39.5 Å². The Morgan fingerprint density at radius 1 is 0.861 bits per heavy atom. The van der Waals surface area contributed by atoms with E-state index in [0.29, 0.717) is 17.0 Å². The number of rotatable bonds is 5. The zero-order valence-corrected chi connectivity index (χ0v) is 19.6. The first-order chi connectivity index (χ1) is 17.6. The number of carbonyl (C=O) groups is 1. The van der Waals surface area contributed by atoms with Crippen LogP contribution in [0.5, 0.6) is 0 Å². The highest BCUT2D eigenvalue weighted by atomic mass is 16.3. The van der Waals surface area contributed by atoms with Crippen LogP contribution in [0.3, 0.4) is 0 Å². The molecule has 174 valence electrons. The van der Waals surface area contributed by atoms with Crippen molar-refractivity contribution in [2.75, 3.05) is 5.32 Å². The molecule has 0 saturated carbocycles. The Labute approximate surface area is 207 Å². The Hall–Kier alpha value is -4.97. The normalized spacial score (nSPS) is 11.5. The minimum atomic E-state index is -0.253. The van der Waals surface area contributed by atoms with Gasteiger partial charge in [0.15, 0.2) is 0 Å². The summed E-state index contributed by atoms with van der Waals surface area (Å²) in [7, 11) is 0. The summed E-state index contributed by atoms with van der Waals surface area (Å²) in [5.74, 6) is 1.11. The van der Waals surface area contributed by atoms with Gasteiger partial charge >= 0.3 is 0 Å². The van der Waals surface area contributed by atoms with Crippen LogP contribution in [0.4, 0.5) is 5.69 Å². The number of amides is 1. The van der Waals surface area contributed by atoms with Crippen LogP contribution in [0.15, 0.2) is 108 Å². The van der Waals surface area contributed by atoms with Gasteiger partial charge in [-0.1, -0.05) is 66.7 Å². The summed E-state index contributed by atoms with van der Waals surface area (Å²) >= 11 is 0. The minimum absolute atomic E-state index is 0.253. The molecule has 1 N–H and O–H groups in total. The SMILES string of the molecule is Cc1cc2nn(-c3cccc4ccccc34)nc2cc1NC(=O)/C=C/c1ccc(-c2ccccc2)o1. The van der Waals surface area contributed by atoms with Gasteiger partial charge in [-0.05, 0) is 54.3 Å². The smallest absolute Gasteiger partial charge is 0.248 e. The fraction of sp³-hybridized carbons (Fsp3) is 0.0333. The zero-order valence-electron chi connectivity index (χ0n) is 19.6. The van der Waals surface area contributed by atoms with E-state index in [1.54, 1.807) is 10.9 Å². The molecule has 0 bridgehead atoms. The second kappa shape index (κ2) is 9.00. The first-order valence-corrected chi connectivity index (χ1v) is 11.6. The van der Waals surface area contributed by atoms with E-state index in [1.165, 1.54) is 6.08 Å². The maximum Gasteiger partial charge on any atom is 0.248 e. The van der Waals surface area contributed by atoms with Crippen molar-refractivity contribution in [3.63, 3.8) is 0 Å². The Balaban J connectivity index is 1.23. The topological polar surface area (TPSA) is 73.0 Å². The highest BCUT2D eigenvalue weighted by molar-refractivity contribution is 6.03. The molecule has 0 saturated heterocycles. The summed E-state index contributed by atoms with van der Waals surface area (Å²) in [6.45, 7) is 1.94. The first kappa shape index (κ1) is 21.6. The molecule has 0 fully saturated rings. The molecule has 0 radical (unpaired) electrons. The molecular formula is C30H22N4O2. The van der Waals surface area contributed by atoms with Gasteiger partial charge in [-0.25, -0.2) is 0 Å². The third-order valence-electron chi connectivity index (χ3n) is 6.05. The van der Waals surface area contributed by atoms with Gasteiger partial charge in [-0.2, -0.15) is 0 Å². The number of hydrogen-bond acceptors (Lipinski definition) is 4. The fourth-order valence-electron chi connectivity index (χ4n) is 4.23. The van der Waals surface area contributed by atoms with Crippen LogP contribution in [0.25, 0.3) is 44.9 Å². The van der Waals surface area contributed by atoms with Gasteiger partial charge in [0.2, 0.25) is 5.91 Å². The number of aryl methyl sites for hydroxylation is 1. The van der Waals surface area contributed by atoms with E-state index >= 15 is 0 Å². The summed E-state index contributed by atoms with van der Waals surface area (Å²) < 4.78 is 5.84. The molecule has 2 aromatic heterocycles. The zero-order chi connectivity index (χ0) is 24.5. The Bertz CT molecular complexity index is 1740. The van der Waals surface area contributed by atoms with Crippen LogP contribution in [0, 0.1) is 6.92 Å². The standard InChI is InChI=1S/C30H22N4O2/c1-20-18-26-27(33-34(32-26)28-13-7-11-21-8-5-6-12-24(21)28)19-25(20)31-30(35)17-15-23-14-16-29(36-23)22-9-3-2-4-10-22/h2-19H,1H3,(H,31,35)/b17-15+. The molecular weight excluding hydrogens is 448 g/mol. The lowest BCUT2D eigenvalue weighted by atomic mass is 10.1. The molecule has 0 unspecified atom stereocenters. The van der Waals surface area contributed by atoms with Gasteiger partial charge in [0, 0.05) is 22.7 Å². The lowest BCUT2D eigenvalue weighted by molar-refractivity contribution is -0.111. The van der Waals surface area contributed by atoms with E-state index in [2.05, 4.69) is 33.7 Å². The average molecular weight is 471 g/mol. The molecule has 6 heteroatoms. The molecule has 6 nitrogen and oxygen atoms in total. The molecule has 2 heterocycles. The monoisotopic (exact) mass is 470 g/mol. The maximum atomic E-state index is 12.6. The molecule has 6 rings (SSSR count). The number of carbonyl (C=O) groups excluding carboxylic acids is 1. The predicted octanol–water partition coefficient (Wildman–Crippen LogP) is 6.79. The van der Waals surface area contributed by atoms with Crippen molar-refractivity contribution < 1.29 is 9.21 Å². The highest BCUT2D eigenvalue weighted by Crippen LogP contribution is 2.26. The van der Waals surface area contributed by atoms with E-state index in [0.717, 1.165) is 38.9 Å². The van der Waals surface area contributed by atoms with Gasteiger partial charge in [-0.15, -0.1) is 15.0 Å². The summed E-state index contributed by atoms with van der Waals surface area (Å²) in [5, 5.41) is 14.5. The highest BCUT2D eigenvalue weighted by Gasteiger charge is 2.12. The molecule has 1 amide bonds. The van der Waals surface area contributed by atoms with Gasteiger partial charge < -0.3 is 9.73 Å². The lowest BCUT2D eigenvalue weighted by Crippen LogP contribution is -2.08. The van der Waals surface area contributed by atoms with Gasteiger partial charge in [0.05, 0.1) is 5.69 Å². The summed E-state index contributed by atoms with van der Waals surface area (Å²) in [6.07, 6.45) is 3.12. The van der Waals surface area contributed by atoms with Crippen molar-refractivity contribution in [1.82, 2.24) is 15.0 Å². The molecule has 36 heavy (non-hydrogen) atoms. The Morgan fingerprint density at radius 2 is 1.61 bits per heavy atom. The van der Waals surface area contributed by atoms with Crippen molar-refractivity contribution in [3.8, 4) is 17.0 Å². The molecule has 0 aliphatic rings. The third kappa shape index (κ3) is 4.16. The summed E-state index contributed by atoms with van der Waals surface area (Å²) in [5.41, 5.74) is 4.94. The van der Waals surface area contributed by atoms with Crippen molar-refractivity contribution in [2.24, 2.45) is 0 Å².